The van der Waals surface area contributed by atoms with Gasteiger partial charge in [0.05, 0.1) is 0 Å². The lowest BCUT2D eigenvalue weighted by atomic mass is 9.87. The van der Waals surface area contributed by atoms with E-state index in [4.69, 9.17) is 5.73 Å². The summed E-state index contributed by atoms with van der Waals surface area (Å²) in [6.45, 7) is 9.65. The normalized spacial score (nSPS) is 11.4. The molecule has 1 aromatic carbocycles. The van der Waals surface area contributed by atoms with Gasteiger partial charge in [0.2, 0.25) is 0 Å². The first-order valence-electron chi connectivity index (χ1n) is 6.92. The summed E-state index contributed by atoms with van der Waals surface area (Å²) < 4.78 is 0. The number of nitrogens with two attached hydrogens (primary N) is 1. The highest BCUT2D eigenvalue weighted by Gasteiger charge is 2.19. The number of aryl methyl sites for hydroxylation is 2. The van der Waals surface area contributed by atoms with Crippen LogP contribution in [-0.4, -0.2) is 19.0 Å². The lowest BCUT2D eigenvalue weighted by Crippen LogP contribution is -2.35. The van der Waals surface area contributed by atoms with Crippen LogP contribution in [0, 0.1) is 19.3 Å². The molecule has 3 nitrogen and oxygen atoms in total. The number of carbonyl (C=O) groups is 1. The first kappa shape index (κ1) is 15.7. The molecule has 0 saturated heterocycles. The minimum atomic E-state index is 0.0245. The number of hydrogen-bond acceptors (Lipinski definition) is 2. The van der Waals surface area contributed by atoms with Gasteiger partial charge in [0.15, 0.2) is 0 Å². The van der Waals surface area contributed by atoms with Crippen LogP contribution in [0.5, 0.6) is 0 Å². The molecule has 1 rings (SSSR count). The summed E-state index contributed by atoms with van der Waals surface area (Å²) in [7, 11) is 0. The van der Waals surface area contributed by atoms with E-state index in [1.165, 1.54) is 0 Å². The molecule has 0 spiro atoms. The molecule has 0 aromatic heterocycles. The van der Waals surface area contributed by atoms with Crippen LogP contribution < -0.4 is 11.1 Å². The van der Waals surface area contributed by atoms with E-state index in [2.05, 4.69) is 19.2 Å². The zero-order valence-electron chi connectivity index (χ0n) is 12.5. The van der Waals surface area contributed by atoms with Gasteiger partial charge in [-0.2, -0.15) is 0 Å². The largest absolute Gasteiger partial charge is 0.351 e. The highest BCUT2D eigenvalue weighted by Crippen LogP contribution is 2.21. The quantitative estimate of drug-likeness (QED) is 0.828. The van der Waals surface area contributed by atoms with Crippen molar-refractivity contribution in [1.82, 2.24) is 5.32 Å². The van der Waals surface area contributed by atoms with Gasteiger partial charge in [-0.15, -0.1) is 0 Å². The van der Waals surface area contributed by atoms with E-state index in [9.17, 15) is 4.79 Å². The lowest BCUT2D eigenvalue weighted by molar-refractivity contribution is 0.0933. The maximum atomic E-state index is 12.3. The van der Waals surface area contributed by atoms with Crippen LogP contribution in [-0.2, 0) is 0 Å². The minimum absolute atomic E-state index is 0.0245. The van der Waals surface area contributed by atoms with Crippen molar-refractivity contribution in [3.05, 3.63) is 34.9 Å². The van der Waals surface area contributed by atoms with Crippen LogP contribution in [0.3, 0.4) is 0 Å². The second-order valence-corrected chi connectivity index (χ2v) is 6.01. The van der Waals surface area contributed by atoms with Crippen LogP contribution in [0.1, 0.15) is 48.2 Å². The maximum absolute atomic E-state index is 12.3. The van der Waals surface area contributed by atoms with Gasteiger partial charge in [-0.3, -0.25) is 4.79 Å². The van der Waals surface area contributed by atoms with Gasteiger partial charge >= 0.3 is 0 Å². The average molecular weight is 262 g/mol. The van der Waals surface area contributed by atoms with Gasteiger partial charge in [-0.25, -0.2) is 0 Å². The fourth-order valence-corrected chi connectivity index (χ4v) is 2.25. The Kier molecular flexibility index (Phi) is 5.55. The van der Waals surface area contributed by atoms with Gasteiger partial charge in [0.1, 0.15) is 0 Å². The Hall–Kier alpha value is -1.35. The van der Waals surface area contributed by atoms with Crippen LogP contribution in [0.15, 0.2) is 18.2 Å². The van der Waals surface area contributed by atoms with Crippen molar-refractivity contribution in [1.29, 1.82) is 0 Å². The minimum Gasteiger partial charge on any atom is -0.351 e. The molecule has 0 heterocycles. The zero-order valence-corrected chi connectivity index (χ0v) is 12.5. The second-order valence-electron chi connectivity index (χ2n) is 6.01. The van der Waals surface area contributed by atoms with Gasteiger partial charge < -0.3 is 11.1 Å². The predicted octanol–water partition coefficient (Wildman–Crippen LogP) is 2.80. The van der Waals surface area contributed by atoms with Gasteiger partial charge in [0, 0.05) is 12.1 Å². The molecule has 0 radical (unpaired) electrons. The van der Waals surface area contributed by atoms with E-state index >= 15 is 0 Å². The first-order valence-corrected chi connectivity index (χ1v) is 6.92. The van der Waals surface area contributed by atoms with E-state index in [-0.39, 0.29) is 11.3 Å². The molecule has 0 bridgehead atoms. The lowest BCUT2D eigenvalue weighted by Gasteiger charge is -2.25. The molecule has 3 heteroatoms. The number of amides is 1. The summed E-state index contributed by atoms with van der Waals surface area (Å²) >= 11 is 0. The molecular weight excluding hydrogens is 236 g/mol. The molecule has 0 fully saturated rings. The van der Waals surface area contributed by atoms with E-state index in [0.29, 0.717) is 13.1 Å². The smallest absolute Gasteiger partial charge is 0.251 e. The molecule has 0 saturated carbocycles. The average Bonchev–Trinajstić information content (AvgIpc) is 2.34. The Labute approximate surface area is 116 Å². The monoisotopic (exact) mass is 262 g/mol. The Morgan fingerprint density at radius 2 is 1.84 bits per heavy atom. The Bertz CT molecular complexity index is 418. The number of benzene rings is 1. The molecule has 106 valence electrons. The molecule has 0 aliphatic rings. The molecule has 1 aromatic rings. The predicted molar refractivity (Wildman–Crippen MR) is 80.3 cm³/mol. The molecule has 0 atom stereocenters. The third kappa shape index (κ3) is 4.67. The Morgan fingerprint density at radius 1 is 1.26 bits per heavy atom. The molecule has 0 unspecified atom stereocenters. The third-order valence-corrected chi connectivity index (χ3v) is 3.49. The van der Waals surface area contributed by atoms with Crippen molar-refractivity contribution < 1.29 is 4.79 Å². The Morgan fingerprint density at radius 3 is 2.37 bits per heavy atom. The fourth-order valence-electron chi connectivity index (χ4n) is 2.25. The number of carbonyl (C=O) groups excluding carboxylic acids is 1. The fraction of sp³-hybridized carbons (Fsp3) is 0.562. The highest BCUT2D eigenvalue weighted by molar-refractivity contribution is 5.97. The maximum Gasteiger partial charge on any atom is 0.251 e. The number of nitrogens with one attached hydrogen (secondary N) is 1. The van der Waals surface area contributed by atoms with E-state index in [0.717, 1.165) is 29.5 Å². The number of rotatable bonds is 6. The van der Waals surface area contributed by atoms with E-state index in [1.807, 2.05) is 32.0 Å². The molecule has 0 aliphatic carbocycles. The summed E-state index contributed by atoms with van der Waals surface area (Å²) in [5.74, 6) is 0.0245. The van der Waals surface area contributed by atoms with Crippen LogP contribution >= 0.6 is 0 Å². The van der Waals surface area contributed by atoms with Gasteiger partial charge in [-0.05, 0) is 49.8 Å². The van der Waals surface area contributed by atoms with Gasteiger partial charge in [-0.1, -0.05) is 32.0 Å². The van der Waals surface area contributed by atoms with Crippen molar-refractivity contribution >= 4 is 5.91 Å². The van der Waals surface area contributed by atoms with Crippen LogP contribution in [0.4, 0.5) is 0 Å². The molecular formula is C16H26N2O. The summed E-state index contributed by atoms with van der Waals surface area (Å²) in [6, 6.07) is 5.93. The molecule has 19 heavy (non-hydrogen) atoms. The van der Waals surface area contributed by atoms with Crippen LogP contribution in [0.2, 0.25) is 0 Å². The van der Waals surface area contributed by atoms with Crippen molar-refractivity contribution in [2.75, 3.05) is 13.1 Å². The van der Waals surface area contributed by atoms with Crippen LogP contribution in [0.25, 0.3) is 0 Å². The van der Waals surface area contributed by atoms with Crippen molar-refractivity contribution in [3.63, 3.8) is 0 Å². The van der Waals surface area contributed by atoms with E-state index < -0.39 is 0 Å². The standard InChI is InChI=1S/C16H26N2O/c1-12-7-5-8-13(2)14(12)15(19)18-11-16(3,4)9-6-10-17/h5,7-8H,6,9-11,17H2,1-4H3,(H,18,19). The molecule has 0 aliphatic heterocycles. The summed E-state index contributed by atoms with van der Waals surface area (Å²) in [5.41, 5.74) is 8.48. The molecule has 3 N–H and O–H groups in total. The van der Waals surface area contributed by atoms with E-state index in [1.54, 1.807) is 0 Å². The third-order valence-electron chi connectivity index (χ3n) is 3.49. The summed E-state index contributed by atoms with van der Waals surface area (Å²) in [6.07, 6.45) is 2.02. The number of hydrogen-bond donors (Lipinski definition) is 2. The summed E-state index contributed by atoms with van der Waals surface area (Å²) in [5, 5.41) is 3.05. The molecule has 1 amide bonds. The second kappa shape index (κ2) is 6.71. The summed E-state index contributed by atoms with van der Waals surface area (Å²) in [4.78, 5) is 12.3. The highest BCUT2D eigenvalue weighted by atomic mass is 16.1. The van der Waals surface area contributed by atoms with Crippen molar-refractivity contribution in [2.45, 2.75) is 40.5 Å². The van der Waals surface area contributed by atoms with Crippen molar-refractivity contribution in [3.8, 4) is 0 Å². The van der Waals surface area contributed by atoms with Crippen molar-refractivity contribution in [2.24, 2.45) is 11.1 Å². The first-order chi connectivity index (χ1) is 8.87. The van der Waals surface area contributed by atoms with Gasteiger partial charge in [0.25, 0.3) is 5.91 Å². The zero-order chi connectivity index (χ0) is 14.5. The Balaban J connectivity index is 2.66. The SMILES string of the molecule is Cc1cccc(C)c1C(=O)NCC(C)(C)CCCN. The topological polar surface area (TPSA) is 55.1 Å².